The summed E-state index contributed by atoms with van der Waals surface area (Å²) in [6, 6.07) is 11.1. The average Bonchev–Trinajstić information content (AvgIpc) is 3.41. The van der Waals surface area contributed by atoms with Crippen molar-refractivity contribution < 1.29 is 9.59 Å². The lowest BCUT2D eigenvalue weighted by molar-refractivity contribution is -0.134. The van der Waals surface area contributed by atoms with E-state index < -0.39 is 0 Å². The van der Waals surface area contributed by atoms with Crippen LogP contribution in [0.25, 0.3) is 10.2 Å². The fraction of sp³-hybridized carbons (Fsp3) is 0.417. The van der Waals surface area contributed by atoms with Crippen LogP contribution in [0, 0.1) is 0 Å². The van der Waals surface area contributed by atoms with Crippen LogP contribution in [-0.2, 0) is 4.79 Å². The molecule has 7 nitrogen and oxygen atoms in total. The van der Waals surface area contributed by atoms with Gasteiger partial charge in [-0.1, -0.05) is 18.2 Å². The van der Waals surface area contributed by atoms with Gasteiger partial charge in [0.1, 0.15) is 12.1 Å². The number of aromatic nitrogens is 2. The normalized spacial score (nSPS) is 21.1. The summed E-state index contributed by atoms with van der Waals surface area (Å²) in [5.74, 6) is 0.818. The molecule has 8 heteroatoms. The Morgan fingerprint density at radius 2 is 1.81 bits per heavy atom. The van der Waals surface area contributed by atoms with Gasteiger partial charge in [0, 0.05) is 30.7 Å². The zero-order chi connectivity index (χ0) is 22.0. The number of carbonyl (C=O) groups is 2. The summed E-state index contributed by atoms with van der Waals surface area (Å²) in [5.41, 5.74) is 1.45. The number of fused-ring (bicyclic) bond motifs is 1. The molecule has 1 spiro atoms. The fourth-order valence-corrected chi connectivity index (χ4v) is 6.04. The highest BCUT2D eigenvalue weighted by molar-refractivity contribution is 7.17. The zero-order valence-electron chi connectivity index (χ0n) is 18.0. The topological polar surface area (TPSA) is 78.4 Å². The smallest absolute Gasteiger partial charge is 0.251 e. The van der Waals surface area contributed by atoms with E-state index in [1.54, 1.807) is 29.8 Å². The van der Waals surface area contributed by atoms with Crippen molar-refractivity contribution in [2.75, 3.05) is 31.1 Å². The summed E-state index contributed by atoms with van der Waals surface area (Å²) in [7, 11) is 0. The van der Waals surface area contributed by atoms with Crippen molar-refractivity contribution in [3.05, 3.63) is 53.7 Å². The Morgan fingerprint density at radius 1 is 1.00 bits per heavy atom. The molecule has 5 rings (SSSR count). The number of thiophene rings is 1. The number of hydrogen-bond donors (Lipinski definition) is 1. The van der Waals surface area contributed by atoms with E-state index in [-0.39, 0.29) is 23.9 Å². The molecule has 0 unspecified atom stereocenters. The number of rotatable bonds is 4. The summed E-state index contributed by atoms with van der Waals surface area (Å²) in [5, 5.41) is 4.87. The molecule has 0 radical (unpaired) electrons. The highest BCUT2D eigenvalue weighted by Gasteiger charge is 2.44. The highest BCUT2D eigenvalue weighted by Crippen LogP contribution is 2.40. The van der Waals surface area contributed by atoms with Crippen molar-refractivity contribution >= 4 is 39.2 Å². The van der Waals surface area contributed by atoms with Gasteiger partial charge in [0.05, 0.1) is 16.8 Å². The minimum Gasteiger partial charge on any atom is -0.355 e. The van der Waals surface area contributed by atoms with Gasteiger partial charge in [-0.2, -0.15) is 0 Å². The molecule has 2 aromatic heterocycles. The Morgan fingerprint density at radius 3 is 2.66 bits per heavy atom. The Kier molecular flexibility index (Phi) is 5.78. The highest BCUT2D eigenvalue weighted by atomic mass is 32.1. The van der Waals surface area contributed by atoms with E-state index in [1.807, 2.05) is 29.2 Å². The SMILES string of the molecule is O=C(NCC(=O)N1CCC[C@@]12CCCN(c1ncnc3ccsc13)CC2)c1ccccc1. The fourth-order valence-electron chi connectivity index (χ4n) is 5.18. The number of amides is 2. The molecule has 2 saturated heterocycles. The summed E-state index contributed by atoms with van der Waals surface area (Å²) in [6.07, 6.45) is 6.60. The van der Waals surface area contributed by atoms with Crippen LogP contribution in [0.1, 0.15) is 42.5 Å². The predicted octanol–water partition coefficient (Wildman–Crippen LogP) is 3.47. The molecule has 1 N–H and O–H groups in total. The number of likely N-dealkylation sites (tertiary alicyclic amines) is 1. The van der Waals surface area contributed by atoms with Crippen LogP contribution in [0.4, 0.5) is 5.82 Å². The average molecular weight is 450 g/mol. The third-order valence-corrected chi connectivity index (χ3v) is 7.67. The van der Waals surface area contributed by atoms with Crippen molar-refractivity contribution in [3.8, 4) is 0 Å². The summed E-state index contributed by atoms with van der Waals surface area (Å²) in [6.45, 7) is 2.60. The van der Waals surface area contributed by atoms with Gasteiger partial charge in [-0.25, -0.2) is 9.97 Å². The molecule has 1 aromatic carbocycles. The quantitative estimate of drug-likeness (QED) is 0.660. The molecule has 32 heavy (non-hydrogen) atoms. The number of nitrogens with zero attached hydrogens (tertiary/aromatic N) is 4. The van der Waals surface area contributed by atoms with Crippen LogP contribution in [-0.4, -0.2) is 58.4 Å². The van der Waals surface area contributed by atoms with Gasteiger partial charge in [0.15, 0.2) is 0 Å². The van der Waals surface area contributed by atoms with Crippen molar-refractivity contribution in [2.24, 2.45) is 0 Å². The van der Waals surface area contributed by atoms with Crippen LogP contribution >= 0.6 is 11.3 Å². The summed E-state index contributed by atoms with van der Waals surface area (Å²) < 4.78 is 1.13. The van der Waals surface area contributed by atoms with Gasteiger partial charge in [0.25, 0.3) is 5.91 Å². The second-order valence-electron chi connectivity index (χ2n) is 8.59. The molecule has 0 aliphatic carbocycles. The number of anilines is 1. The Balaban J connectivity index is 1.26. The molecule has 3 aromatic rings. The first-order valence-corrected chi connectivity index (χ1v) is 12.1. The van der Waals surface area contributed by atoms with Crippen LogP contribution in [0.5, 0.6) is 0 Å². The molecular weight excluding hydrogens is 422 g/mol. The van der Waals surface area contributed by atoms with E-state index in [1.165, 1.54) is 0 Å². The first kappa shape index (κ1) is 20.9. The lowest BCUT2D eigenvalue weighted by Gasteiger charge is -2.38. The maximum absolute atomic E-state index is 13.1. The van der Waals surface area contributed by atoms with E-state index in [0.717, 1.165) is 67.8 Å². The number of hydrogen-bond acceptors (Lipinski definition) is 6. The van der Waals surface area contributed by atoms with E-state index in [9.17, 15) is 9.59 Å². The van der Waals surface area contributed by atoms with Crippen molar-refractivity contribution in [1.29, 1.82) is 0 Å². The molecule has 2 aliphatic heterocycles. The van der Waals surface area contributed by atoms with Gasteiger partial charge < -0.3 is 15.1 Å². The summed E-state index contributed by atoms with van der Waals surface area (Å²) in [4.78, 5) is 38.9. The van der Waals surface area contributed by atoms with E-state index in [2.05, 4.69) is 25.6 Å². The molecule has 0 bridgehead atoms. The number of carbonyl (C=O) groups excluding carboxylic acids is 2. The zero-order valence-corrected chi connectivity index (χ0v) is 18.8. The molecule has 2 fully saturated rings. The van der Waals surface area contributed by atoms with Gasteiger partial charge in [-0.05, 0) is 55.7 Å². The van der Waals surface area contributed by atoms with Gasteiger partial charge in [0.2, 0.25) is 5.91 Å². The minimum absolute atomic E-state index is 0.0166. The number of nitrogens with one attached hydrogen (secondary N) is 1. The van der Waals surface area contributed by atoms with E-state index >= 15 is 0 Å². The molecule has 2 aliphatic rings. The summed E-state index contributed by atoms with van der Waals surface area (Å²) >= 11 is 1.68. The first-order chi connectivity index (χ1) is 15.7. The van der Waals surface area contributed by atoms with E-state index in [4.69, 9.17) is 0 Å². The lowest BCUT2D eigenvalue weighted by atomic mass is 9.87. The Hall–Kier alpha value is -3.00. The third-order valence-electron chi connectivity index (χ3n) is 6.77. The maximum atomic E-state index is 13.1. The van der Waals surface area contributed by atoms with E-state index in [0.29, 0.717) is 5.56 Å². The molecule has 0 saturated carbocycles. The van der Waals surface area contributed by atoms with Crippen molar-refractivity contribution in [3.63, 3.8) is 0 Å². The molecule has 166 valence electrons. The van der Waals surface area contributed by atoms with Gasteiger partial charge in [-0.3, -0.25) is 9.59 Å². The second-order valence-corrected chi connectivity index (χ2v) is 9.51. The van der Waals surface area contributed by atoms with Crippen molar-refractivity contribution in [1.82, 2.24) is 20.2 Å². The Labute approximate surface area is 191 Å². The Bertz CT molecular complexity index is 1120. The first-order valence-electron chi connectivity index (χ1n) is 11.2. The van der Waals surface area contributed by atoms with Gasteiger partial charge in [-0.15, -0.1) is 11.3 Å². The lowest BCUT2D eigenvalue weighted by Crippen LogP contribution is -2.51. The monoisotopic (exact) mass is 449 g/mol. The second kappa shape index (κ2) is 8.86. The molecule has 4 heterocycles. The molecular formula is C24H27N5O2S. The van der Waals surface area contributed by atoms with Crippen LogP contribution in [0.3, 0.4) is 0 Å². The maximum Gasteiger partial charge on any atom is 0.251 e. The number of benzene rings is 1. The standard InChI is InChI=1S/C24H27N5O2S/c30-20(16-25-23(31)18-6-2-1-3-7-18)29-13-5-10-24(29)9-4-12-28(14-11-24)22-21-19(8-15-32-21)26-17-27-22/h1-3,6-8,15,17H,4-5,9-14,16H2,(H,25,31)/t24-/m1/s1. The molecule has 2 amide bonds. The van der Waals surface area contributed by atoms with Crippen LogP contribution in [0.15, 0.2) is 48.1 Å². The third kappa shape index (κ3) is 3.95. The van der Waals surface area contributed by atoms with Crippen molar-refractivity contribution in [2.45, 2.75) is 37.6 Å². The minimum atomic E-state index is -0.206. The van der Waals surface area contributed by atoms with Crippen LogP contribution < -0.4 is 10.2 Å². The van der Waals surface area contributed by atoms with Gasteiger partial charge >= 0.3 is 0 Å². The molecule has 1 atom stereocenters. The largest absolute Gasteiger partial charge is 0.355 e. The van der Waals surface area contributed by atoms with Crippen LogP contribution in [0.2, 0.25) is 0 Å². The predicted molar refractivity (Wildman–Crippen MR) is 126 cm³/mol.